The van der Waals surface area contributed by atoms with E-state index in [4.69, 9.17) is 0 Å². The molecule has 1 aromatic heterocycles. The first-order valence-corrected chi connectivity index (χ1v) is 10.7. The van der Waals surface area contributed by atoms with E-state index >= 15 is 0 Å². The van der Waals surface area contributed by atoms with Gasteiger partial charge in [0.15, 0.2) is 5.96 Å². The largest absolute Gasteiger partial charge is 0.355 e. The molecule has 0 bridgehead atoms. The van der Waals surface area contributed by atoms with E-state index < -0.39 is 10.0 Å². The molecular weight excluding hydrogens is 352 g/mol. The number of piperazine rings is 1. The van der Waals surface area contributed by atoms with E-state index in [2.05, 4.69) is 39.4 Å². The lowest BCUT2D eigenvalue weighted by atomic mass is 10.3. The highest BCUT2D eigenvalue weighted by Gasteiger charge is 2.27. The van der Waals surface area contributed by atoms with Crippen LogP contribution in [-0.4, -0.2) is 75.2 Å². The number of nitrogens with one attached hydrogen (secondary N) is 2. The Hall–Kier alpha value is -1.87. The number of pyridine rings is 1. The molecule has 8 nitrogen and oxygen atoms in total. The fourth-order valence-electron chi connectivity index (χ4n) is 2.69. The summed E-state index contributed by atoms with van der Waals surface area (Å²) in [6, 6.07) is 6.06. The average Bonchev–Trinajstić information content (AvgIpc) is 2.67. The van der Waals surface area contributed by atoms with Crippen molar-refractivity contribution in [3.05, 3.63) is 24.4 Å². The summed E-state index contributed by atoms with van der Waals surface area (Å²) in [5, 5.41) is 6.30. The van der Waals surface area contributed by atoms with Crippen molar-refractivity contribution < 1.29 is 8.42 Å². The first-order valence-electron chi connectivity index (χ1n) is 9.07. The van der Waals surface area contributed by atoms with Gasteiger partial charge in [-0.05, 0) is 25.5 Å². The maximum absolute atomic E-state index is 12.6. The molecule has 146 valence electrons. The first-order chi connectivity index (χ1) is 12.5. The second-order valence-electron chi connectivity index (χ2n) is 6.34. The van der Waals surface area contributed by atoms with Crippen molar-refractivity contribution in [3.63, 3.8) is 0 Å². The topological polar surface area (TPSA) is 89.9 Å². The molecule has 2 rings (SSSR count). The van der Waals surface area contributed by atoms with Gasteiger partial charge in [-0.25, -0.2) is 13.4 Å². The van der Waals surface area contributed by atoms with Crippen molar-refractivity contribution in [1.29, 1.82) is 0 Å². The Labute approximate surface area is 156 Å². The molecule has 0 saturated carbocycles. The predicted molar refractivity (Wildman–Crippen MR) is 106 cm³/mol. The van der Waals surface area contributed by atoms with Gasteiger partial charge in [0, 0.05) is 52.0 Å². The van der Waals surface area contributed by atoms with Crippen LogP contribution in [0, 0.1) is 0 Å². The lowest BCUT2D eigenvalue weighted by molar-refractivity contribution is 0.384. The van der Waals surface area contributed by atoms with Gasteiger partial charge in [-0.3, -0.25) is 4.99 Å². The number of guanidine groups is 1. The molecule has 0 spiro atoms. The Kier molecular flexibility index (Phi) is 7.65. The van der Waals surface area contributed by atoms with Crippen LogP contribution in [0.3, 0.4) is 0 Å². The van der Waals surface area contributed by atoms with E-state index in [1.54, 1.807) is 17.5 Å². The molecule has 0 aliphatic carbocycles. The molecular formula is C17H30N6O2S. The molecule has 2 heterocycles. The third-order valence-electron chi connectivity index (χ3n) is 4.48. The maximum Gasteiger partial charge on any atom is 0.215 e. The van der Waals surface area contributed by atoms with Crippen molar-refractivity contribution >= 4 is 21.8 Å². The van der Waals surface area contributed by atoms with Gasteiger partial charge >= 0.3 is 0 Å². The van der Waals surface area contributed by atoms with Crippen molar-refractivity contribution in [1.82, 2.24) is 19.9 Å². The summed E-state index contributed by atoms with van der Waals surface area (Å²) in [7, 11) is -1.60. The molecule has 1 aromatic rings. The monoisotopic (exact) mass is 382 g/mol. The number of aliphatic imine (C=N–C) groups is 1. The zero-order valence-electron chi connectivity index (χ0n) is 15.9. The normalized spacial score (nSPS) is 17.8. The number of aromatic nitrogens is 1. The molecule has 1 atom stereocenters. The number of anilines is 1. The molecule has 2 N–H and O–H groups in total. The van der Waals surface area contributed by atoms with Crippen LogP contribution in [0.15, 0.2) is 29.4 Å². The Bertz CT molecular complexity index is 672. The standard InChI is InChI=1S/C17H30N6O2S/c1-4-15(2)21-17(18-3)20-9-14-26(24,25)23-12-10-22(11-13-23)16-7-5-6-8-19-16/h5-8,15H,4,9-14H2,1-3H3,(H2,18,20,21). The van der Waals surface area contributed by atoms with Gasteiger partial charge in [-0.1, -0.05) is 13.0 Å². The minimum Gasteiger partial charge on any atom is -0.355 e. The van der Waals surface area contributed by atoms with E-state index in [9.17, 15) is 8.42 Å². The lowest BCUT2D eigenvalue weighted by Crippen LogP contribution is -2.51. The minimum absolute atomic E-state index is 0.0534. The van der Waals surface area contributed by atoms with E-state index in [-0.39, 0.29) is 11.8 Å². The fourth-order valence-corrected chi connectivity index (χ4v) is 4.03. The molecule has 1 fully saturated rings. The first kappa shape index (κ1) is 20.4. The van der Waals surface area contributed by atoms with Gasteiger partial charge in [0.05, 0.1) is 5.75 Å². The van der Waals surface area contributed by atoms with E-state index in [1.807, 2.05) is 18.2 Å². The van der Waals surface area contributed by atoms with Crippen LogP contribution < -0.4 is 15.5 Å². The van der Waals surface area contributed by atoms with E-state index in [0.717, 1.165) is 12.2 Å². The number of sulfonamides is 1. The maximum atomic E-state index is 12.6. The number of rotatable bonds is 7. The molecule has 1 unspecified atom stereocenters. The van der Waals surface area contributed by atoms with Crippen LogP contribution in [0.4, 0.5) is 5.82 Å². The third-order valence-corrected chi connectivity index (χ3v) is 6.35. The van der Waals surface area contributed by atoms with Crippen molar-refractivity contribution in [2.45, 2.75) is 26.3 Å². The van der Waals surface area contributed by atoms with Crippen molar-refractivity contribution in [2.75, 3.05) is 50.4 Å². The van der Waals surface area contributed by atoms with Gasteiger partial charge in [0.2, 0.25) is 10.0 Å². The fraction of sp³-hybridized carbons (Fsp3) is 0.647. The minimum atomic E-state index is -3.29. The molecule has 0 aromatic carbocycles. The van der Waals surface area contributed by atoms with Crippen LogP contribution >= 0.6 is 0 Å². The zero-order chi connectivity index (χ0) is 19.0. The second-order valence-corrected chi connectivity index (χ2v) is 8.43. The van der Waals surface area contributed by atoms with Gasteiger partial charge < -0.3 is 15.5 Å². The van der Waals surface area contributed by atoms with Gasteiger partial charge in [0.25, 0.3) is 0 Å². The molecule has 1 saturated heterocycles. The zero-order valence-corrected chi connectivity index (χ0v) is 16.7. The summed E-state index contributed by atoms with van der Waals surface area (Å²) in [5.74, 6) is 1.58. The summed E-state index contributed by atoms with van der Waals surface area (Å²) < 4.78 is 26.7. The Morgan fingerprint density at radius 2 is 2.04 bits per heavy atom. The lowest BCUT2D eigenvalue weighted by Gasteiger charge is -2.34. The molecule has 1 aliphatic rings. The summed E-state index contributed by atoms with van der Waals surface area (Å²) in [6.07, 6.45) is 2.73. The summed E-state index contributed by atoms with van der Waals surface area (Å²) >= 11 is 0. The highest BCUT2D eigenvalue weighted by molar-refractivity contribution is 7.89. The van der Waals surface area contributed by atoms with Gasteiger partial charge in [-0.15, -0.1) is 0 Å². The quantitative estimate of drug-likeness (QED) is 0.527. The molecule has 26 heavy (non-hydrogen) atoms. The number of nitrogens with zero attached hydrogens (tertiary/aromatic N) is 4. The van der Waals surface area contributed by atoms with Gasteiger partial charge in [-0.2, -0.15) is 4.31 Å². The number of hydrogen-bond donors (Lipinski definition) is 2. The van der Waals surface area contributed by atoms with E-state index in [0.29, 0.717) is 38.7 Å². The van der Waals surface area contributed by atoms with Crippen LogP contribution in [0.5, 0.6) is 0 Å². The smallest absolute Gasteiger partial charge is 0.215 e. The molecule has 0 radical (unpaired) electrons. The highest BCUT2D eigenvalue weighted by atomic mass is 32.2. The predicted octanol–water partition coefficient (Wildman–Crippen LogP) is 0.497. The highest BCUT2D eigenvalue weighted by Crippen LogP contribution is 2.14. The summed E-state index contributed by atoms with van der Waals surface area (Å²) in [5.41, 5.74) is 0. The Balaban J connectivity index is 1.80. The van der Waals surface area contributed by atoms with Crippen LogP contribution in [0.1, 0.15) is 20.3 Å². The molecule has 0 amide bonds. The third kappa shape index (κ3) is 5.84. The SMILES string of the molecule is CCC(C)NC(=NC)NCCS(=O)(=O)N1CCN(c2ccccn2)CC1. The van der Waals surface area contributed by atoms with E-state index in [1.165, 1.54) is 0 Å². The van der Waals surface area contributed by atoms with Gasteiger partial charge in [0.1, 0.15) is 5.82 Å². The number of hydrogen-bond acceptors (Lipinski definition) is 5. The van der Waals surface area contributed by atoms with Crippen LogP contribution in [0.2, 0.25) is 0 Å². The summed E-state index contributed by atoms with van der Waals surface area (Å²) in [4.78, 5) is 10.6. The van der Waals surface area contributed by atoms with Crippen LogP contribution in [-0.2, 0) is 10.0 Å². The Morgan fingerprint density at radius 3 is 2.62 bits per heavy atom. The van der Waals surface area contributed by atoms with Crippen LogP contribution in [0.25, 0.3) is 0 Å². The molecule has 1 aliphatic heterocycles. The summed E-state index contributed by atoms with van der Waals surface area (Å²) in [6.45, 7) is 6.75. The van der Waals surface area contributed by atoms with Crippen molar-refractivity contribution in [2.24, 2.45) is 4.99 Å². The van der Waals surface area contributed by atoms with Crippen molar-refractivity contribution in [3.8, 4) is 0 Å². The molecule has 9 heteroatoms. The second kappa shape index (κ2) is 9.72. The average molecular weight is 383 g/mol. The Morgan fingerprint density at radius 1 is 1.31 bits per heavy atom.